The quantitative estimate of drug-likeness (QED) is 0.421. The van der Waals surface area contributed by atoms with Gasteiger partial charge in [-0.15, -0.1) is 5.10 Å². The normalized spacial score (nSPS) is 19.9. The predicted octanol–water partition coefficient (Wildman–Crippen LogP) is 2.78. The van der Waals surface area contributed by atoms with E-state index in [-0.39, 0.29) is 11.6 Å². The highest BCUT2D eigenvalue weighted by molar-refractivity contribution is 5.94. The van der Waals surface area contributed by atoms with Crippen LogP contribution in [0.3, 0.4) is 0 Å². The smallest absolute Gasteiger partial charge is 0.271 e. The summed E-state index contributed by atoms with van der Waals surface area (Å²) in [4.78, 5) is 30.4. The lowest BCUT2D eigenvalue weighted by Crippen LogP contribution is -2.34. The van der Waals surface area contributed by atoms with Gasteiger partial charge < -0.3 is 30.4 Å². The minimum absolute atomic E-state index is 0.103. The van der Waals surface area contributed by atoms with Gasteiger partial charge in [0.05, 0.1) is 36.4 Å². The van der Waals surface area contributed by atoms with Crippen LogP contribution in [0.5, 0.6) is 5.75 Å². The first-order valence-electron chi connectivity index (χ1n) is 11.7. The number of carbonyl (C=O) groups excluding carboxylic acids is 2. The number of nitrogens with zero attached hydrogens (tertiary/aromatic N) is 4. The second kappa shape index (κ2) is 9.40. The molecule has 0 spiro atoms. The van der Waals surface area contributed by atoms with E-state index in [1.54, 1.807) is 20.2 Å². The molecule has 5 rings (SSSR count). The highest BCUT2D eigenvalue weighted by atomic mass is 19.1. The molecule has 3 N–H and O–H groups in total. The molecule has 1 aromatic carbocycles. The van der Waals surface area contributed by atoms with E-state index in [2.05, 4.69) is 30.9 Å². The number of methoxy groups -OCH3 is 1. The number of imidazole rings is 1. The summed E-state index contributed by atoms with van der Waals surface area (Å²) in [5.41, 5.74) is 3.01. The van der Waals surface area contributed by atoms with Gasteiger partial charge in [-0.3, -0.25) is 4.79 Å². The molecule has 0 bridgehead atoms. The fraction of sp³-hybridized carbons (Fsp3) is 0.417. The molecule has 0 unspecified atom stereocenters. The standard InChI is InChI=1S/C24H28FN7O3/c1-26-18-11-21(30-32-20(12-27-23(18)32)24(34)29-17-10-15(17)25)28-16-4-3-5-19(22(16)35-2)31-8-6-14(13-33)7-9-31/h3-5,11-15,17,26H,6-10H2,1-2H3,(H,28,30)(H,29,34)/t15-,17+/m0/s1. The van der Waals surface area contributed by atoms with Crippen LogP contribution in [0.15, 0.2) is 30.5 Å². The SMILES string of the molecule is CNc1cc(Nc2cccc(N3CCC(C=O)CC3)c2OC)nn2c(C(=O)N[C@@H]3C[C@@H]3F)cnc12. The van der Waals surface area contributed by atoms with Gasteiger partial charge in [0, 0.05) is 38.5 Å². The first-order valence-corrected chi connectivity index (χ1v) is 11.7. The van der Waals surface area contributed by atoms with Crippen molar-refractivity contribution in [3.63, 3.8) is 0 Å². The fourth-order valence-electron chi connectivity index (χ4n) is 4.43. The number of aldehydes is 1. The van der Waals surface area contributed by atoms with Gasteiger partial charge in [0.1, 0.15) is 12.5 Å². The molecule has 10 nitrogen and oxygen atoms in total. The molecule has 35 heavy (non-hydrogen) atoms. The fourth-order valence-corrected chi connectivity index (χ4v) is 4.43. The van der Waals surface area contributed by atoms with Gasteiger partial charge in [-0.2, -0.15) is 0 Å². The van der Waals surface area contributed by atoms with Gasteiger partial charge in [0.25, 0.3) is 5.91 Å². The Bertz CT molecular complexity index is 1260. The van der Waals surface area contributed by atoms with Crippen molar-refractivity contribution in [3.05, 3.63) is 36.2 Å². The van der Waals surface area contributed by atoms with Crippen LogP contribution in [0, 0.1) is 5.92 Å². The predicted molar refractivity (Wildman–Crippen MR) is 131 cm³/mol. The average Bonchev–Trinajstić information content (AvgIpc) is 3.40. The summed E-state index contributed by atoms with van der Waals surface area (Å²) in [6.45, 7) is 1.54. The maximum absolute atomic E-state index is 13.3. The van der Waals surface area contributed by atoms with Crippen molar-refractivity contribution in [1.82, 2.24) is 19.9 Å². The molecule has 1 amide bonds. The maximum atomic E-state index is 13.3. The number of benzene rings is 1. The van der Waals surface area contributed by atoms with Gasteiger partial charge >= 0.3 is 0 Å². The lowest BCUT2D eigenvalue weighted by atomic mass is 9.98. The van der Waals surface area contributed by atoms with Crippen LogP contribution < -0.4 is 25.6 Å². The van der Waals surface area contributed by atoms with Crippen LogP contribution in [0.4, 0.5) is 27.3 Å². The van der Waals surface area contributed by atoms with Crippen molar-refractivity contribution in [2.45, 2.75) is 31.5 Å². The Morgan fingerprint density at radius 2 is 2.03 bits per heavy atom. The van der Waals surface area contributed by atoms with E-state index in [1.165, 1.54) is 10.7 Å². The molecular formula is C24H28FN7O3. The van der Waals surface area contributed by atoms with Crippen LogP contribution in [-0.4, -0.2) is 66.3 Å². The average molecular weight is 482 g/mol. The first kappa shape index (κ1) is 22.9. The van der Waals surface area contributed by atoms with E-state index < -0.39 is 18.1 Å². The Balaban J connectivity index is 1.45. The molecule has 1 aliphatic carbocycles. The van der Waals surface area contributed by atoms with Crippen molar-refractivity contribution < 1.29 is 18.7 Å². The first-order chi connectivity index (χ1) is 17.0. The number of anilines is 4. The summed E-state index contributed by atoms with van der Waals surface area (Å²) in [5, 5.41) is 13.7. The zero-order valence-electron chi connectivity index (χ0n) is 19.6. The summed E-state index contributed by atoms with van der Waals surface area (Å²) >= 11 is 0. The Hall–Kier alpha value is -3.89. The molecule has 3 heterocycles. The molecule has 2 aliphatic rings. The summed E-state index contributed by atoms with van der Waals surface area (Å²) < 4.78 is 20.5. The highest BCUT2D eigenvalue weighted by Crippen LogP contribution is 2.39. The topological polar surface area (TPSA) is 113 Å². The number of nitrogens with one attached hydrogen (secondary N) is 3. The molecule has 0 radical (unpaired) electrons. The van der Waals surface area contributed by atoms with Crippen LogP contribution in [0.1, 0.15) is 29.8 Å². The summed E-state index contributed by atoms with van der Waals surface area (Å²) in [6.07, 6.45) is 3.42. The molecule has 3 aromatic rings. The summed E-state index contributed by atoms with van der Waals surface area (Å²) in [5.74, 6) is 0.814. The number of para-hydroxylation sites is 1. The minimum atomic E-state index is -1.000. The van der Waals surface area contributed by atoms with E-state index in [0.29, 0.717) is 35.0 Å². The number of alkyl halides is 1. The molecule has 1 saturated heterocycles. The number of rotatable bonds is 8. The van der Waals surface area contributed by atoms with Gasteiger partial charge in [0.2, 0.25) is 0 Å². The third kappa shape index (κ3) is 4.45. The summed E-state index contributed by atoms with van der Waals surface area (Å²) in [7, 11) is 3.38. The van der Waals surface area contributed by atoms with Crippen molar-refractivity contribution in [1.29, 1.82) is 0 Å². The Kier molecular flexibility index (Phi) is 6.14. The number of fused-ring (bicyclic) bond motifs is 1. The van der Waals surface area contributed by atoms with Crippen molar-refractivity contribution in [2.24, 2.45) is 5.92 Å². The van der Waals surface area contributed by atoms with Crippen LogP contribution in [0.2, 0.25) is 0 Å². The van der Waals surface area contributed by atoms with Gasteiger partial charge in [0.15, 0.2) is 22.9 Å². The number of aromatic nitrogens is 3. The number of hydrogen-bond acceptors (Lipinski definition) is 8. The lowest BCUT2D eigenvalue weighted by molar-refractivity contribution is -0.111. The van der Waals surface area contributed by atoms with E-state index in [1.807, 2.05) is 18.2 Å². The second-order valence-electron chi connectivity index (χ2n) is 8.85. The number of halogens is 1. The molecular weight excluding hydrogens is 453 g/mol. The van der Waals surface area contributed by atoms with Gasteiger partial charge in [-0.25, -0.2) is 13.9 Å². The van der Waals surface area contributed by atoms with Crippen molar-refractivity contribution in [2.75, 3.05) is 42.8 Å². The third-order valence-electron chi connectivity index (χ3n) is 6.53. The zero-order chi connectivity index (χ0) is 24.5. The van der Waals surface area contributed by atoms with E-state index in [4.69, 9.17) is 4.74 Å². The Morgan fingerprint density at radius 3 is 2.69 bits per heavy atom. The molecule has 2 atom stereocenters. The lowest BCUT2D eigenvalue weighted by Gasteiger charge is -2.33. The second-order valence-corrected chi connectivity index (χ2v) is 8.85. The monoisotopic (exact) mass is 481 g/mol. The number of amides is 1. The van der Waals surface area contributed by atoms with E-state index in [0.717, 1.165) is 37.9 Å². The van der Waals surface area contributed by atoms with Gasteiger partial charge in [-0.1, -0.05) is 6.07 Å². The molecule has 184 valence electrons. The van der Waals surface area contributed by atoms with Crippen molar-refractivity contribution in [3.8, 4) is 5.75 Å². The maximum Gasteiger partial charge on any atom is 0.271 e. The van der Waals surface area contributed by atoms with Crippen LogP contribution in [0.25, 0.3) is 5.65 Å². The number of ether oxygens (including phenoxy) is 1. The van der Waals surface area contributed by atoms with E-state index >= 15 is 0 Å². The Morgan fingerprint density at radius 1 is 1.26 bits per heavy atom. The van der Waals surface area contributed by atoms with Crippen LogP contribution >= 0.6 is 0 Å². The number of carbonyl (C=O) groups is 2. The van der Waals surface area contributed by atoms with E-state index in [9.17, 15) is 14.0 Å². The minimum Gasteiger partial charge on any atom is -0.492 e. The largest absolute Gasteiger partial charge is 0.492 e. The molecule has 11 heteroatoms. The molecule has 2 fully saturated rings. The van der Waals surface area contributed by atoms with Gasteiger partial charge in [-0.05, 0) is 25.0 Å². The molecule has 1 aliphatic heterocycles. The summed E-state index contributed by atoms with van der Waals surface area (Å²) in [6, 6.07) is 7.16. The van der Waals surface area contributed by atoms with Crippen LogP contribution in [-0.2, 0) is 4.79 Å². The highest BCUT2D eigenvalue weighted by Gasteiger charge is 2.39. The number of piperidine rings is 1. The number of hydrogen-bond donors (Lipinski definition) is 3. The molecule has 1 saturated carbocycles. The third-order valence-corrected chi connectivity index (χ3v) is 6.53. The zero-order valence-corrected chi connectivity index (χ0v) is 19.6. The Labute approximate surface area is 201 Å². The van der Waals surface area contributed by atoms with Crippen molar-refractivity contribution >= 4 is 40.7 Å². The molecule has 2 aromatic heterocycles.